The molecule has 1 aromatic heterocycles. The number of carbonyl (C=O) groups is 1. The van der Waals surface area contributed by atoms with Gasteiger partial charge >= 0.3 is 5.97 Å². The number of aryl methyl sites for hydroxylation is 4. The van der Waals surface area contributed by atoms with E-state index in [0.29, 0.717) is 11.3 Å². The average molecular weight is 274 g/mol. The molecule has 0 aliphatic heterocycles. The van der Waals surface area contributed by atoms with E-state index in [4.69, 9.17) is 4.74 Å². The zero-order valence-corrected chi connectivity index (χ0v) is 12.3. The van der Waals surface area contributed by atoms with Crippen LogP contribution in [0.25, 0.3) is 11.1 Å². The molecule has 0 saturated heterocycles. The van der Waals surface area contributed by atoms with E-state index in [1.165, 1.54) is 4.68 Å². The van der Waals surface area contributed by atoms with E-state index >= 15 is 0 Å². The Bertz CT molecular complexity index is 664. The van der Waals surface area contributed by atoms with E-state index in [1.54, 1.807) is 14.2 Å². The maximum Gasteiger partial charge on any atom is 0.354 e. The fraction of sp³-hybridized carbons (Fsp3) is 0.333. The standard InChI is InChI=1S/C15H18N2O3/c1-8-6-11(7-9(2)14(8)20-5)12-10(3)16-17(4)13(12)15(18)19/h6-7H,1-5H3,(H,18,19). The minimum Gasteiger partial charge on any atom is -0.496 e. The number of nitrogens with zero attached hydrogens (tertiary/aromatic N) is 2. The molecule has 0 aliphatic carbocycles. The molecule has 0 atom stereocenters. The third-order valence-electron chi connectivity index (χ3n) is 3.38. The number of aromatic carboxylic acids is 1. The topological polar surface area (TPSA) is 64.4 Å². The molecule has 2 rings (SSSR count). The Morgan fingerprint density at radius 3 is 2.25 bits per heavy atom. The van der Waals surface area contributed by atoms with Gasteiger partial charge in [0.15, 0.2) is 5.69 Å². The van der Waals surface area contributed by atoms with Crippen LogP contribution in [-0.2, 0) is 7.05 Å². The van der Waals surface area contributed by atoms with Gasteiger partial charge in [0, 0.05) is 12.6 Å². The summed E-state index contributed by atoms with van der Waals surface area (Å²) in [4.78, 5) is 11.4. The summed E-state index contributed by atoms with van der Waals surface area (Å²) in [6, 6.07) is 3.87. The normalized spacial score (nSPS) is 10.7. The Hall–Kier alpha value is -2.30. The van der Waals surface area contributed by atoms with E-state index in [2.05, 4.69) is 5.10 Å². The Kier molecular flexibility index (Phi) is 3.53. The molecular formula is C15H18N2O3. The van der Waals surface area contributed by atoms with Crippen LogP contribution in [0.1, 0.15) is 27.3 Å². The molecule has 106 valence electrons. The molecule has 20 heavy (non-hydrogen) atoms. The highest BCUT2D eigenvalue weighted by Gasteiger charge is 2.21. The van der Waals surface area contributed by atoms with Crippen LogP contribution in [0.4, 0.5) is 0 Å². The number of rotatable bonds is 3. The Labute approximate surface area is 117 Å². The number of hydrogen-bond donors (Lipinski definition) is 1. The monoisotopic (exact) mass is 274 g/mol. The van der Waals surface area contributed by atoms with E-state index < -0.39 is 5.97 Å². The number of methoxy groups -OCH3 is 1. The summed E-state index contributed by atoms with van der Waals surface area (Å²) in [5.41, 5.74) is 4.36. The second-order valence-corrected chi connectivity index (χ2v) is 4.88. The van der Waals surface area contributed by atoms with Crippen molar-refractivity contribution in [3.8, 4) is 16.9 Å². The number of benzene rings is 1. The van der Waals surface area contributed by atoms with Gasteiger partial charge in [-0.15, -0.1) is 0 Å². The molecule has 1 N–H and O–H groups in total. The Morgan fingerprint density at radius 2 is 1.80 bits per heavy atom. The molecule has 5 heteroatoms. The van der Waals surface area contributed by atoms with Gasteiger partial charge in [0.1, 0.15) is 5.75 Å². The molecule has 0 radical (unpaired) electrons. The molecule has 1 aromatic carbocycles. The molecule has 0 bridgehead atoms. The summed E-state index contributed by atoms with van der Waals surface area (Å²) in [6.45, 7) is 5.71. The van der Waals surface area contributed by atoms with Gasteiger partial charge in [0.2, 0.25) is 0 Å². The second kappa shape index (κ2) is 5.00. The first-order valence-corrected chi connectivity index (χ1v) is 6.29. The number of carboxylic acid groups (broad SMARTS) is 1. The molecule has 0 aliphatic rings. The molecule has 2 aromatic rings. The molecule has 0 amide bonds. The van der Waals surface area contributed by atoms with E-state index in [1.807, 2.05) is 32.9 Å². The van der Waals surface area contributed by atoms with Gasteiger partial charge in [-0.05, 0) is 49.6 Å². The van der Waals surface area contributed by atoms with Gasteiger partial charge in [-0.2, -0.15) is 5.10 Å². The van der Waals surface area contributed by atoms with Crippen LogP contribution in [-0.4, -0.2) is 28.0 Å². The van der Waals surface area contributed by atoms with Crippen molar-refractivity contribution in [1.82, 2.24) is 9.78 Å². The third kappa shape index (κ3) is 2.15. The molecular weight excluding hydrogens is 256 g/mol. The minimum atomic E-state index is -0.978. The lowest BCUT2D eigenvalue weighted by atomic mass is 9.98. The first kappa shape index (κ1) is 14.1. The zero-order valence-electron chi connectivity index (χ0n) is 12.3. The summed E-state index contributed by atoms with van der Waals surface area (Å²) in [6.07, 6.45) is 0. The van der Waals surface area contributed by atoms with Crippen LogP contribution in [0, 0.1) is 20.8 Å². The fourth-order valence-corrected chi connectivity index (χ4v) is 2.67. The minimum absolute atomic E-state index is 0.200. The van der Waals surface area contributed by atoms with Gasteiger partial charge in [-0.3, -0.25) is 4.68 Å². The van der Waals surface area contributed by atoms with Gasteiger partial charge in [0.05, 0.1) is 12.8 Å². The highest BCUT2D eigenvalue weighted by molar-refractivity contribution is 5.95. The van der Waals surface area contributed by atoms with Gasteiger partial charge < -0.3 is 9.84 Å². The lowest BCUT2D eigenvalue weighted by Crippen LogP contribution is -2.07. The third-order valence-corrected chi connectivity index (χ3v) is 3.38. The van der Waals surface area contributed by atoms with Crippen LogP contribution < -0.4 is 4.74 Å². The van der Waals surface area contributed by atoms with Crippen molar-refractivity contribution in [3.05, 3.63) is 34.6 Å². The molecule has 0 saturated carbocycles. The maximum atomic E-state index is 11.4. The smallest absolute Gasteiger partial charge is 0.354 e. The highest BCUT2D eigenvalue weighted by atomic mass is 16.5. The maximum absolute atomic E-state index is 11.4. The number of aromatic nitrogens is 2. The molecule has 1 heterocycles. The summed E-state index contributed by atoms with van der Waals surface area (Å²) in [5, 5.41) is 13.6. The largest absolute Gasteiger partial charge is 0.496 e. The first-order chi connectivity index (χ1) is 9.36. The summed E-state index contributed by atoms with van der Waals surface area (Å²) < 4.78 is 6.75. The van der Waals surface area contributed by atoms with Crippen LogP contribution in [0.2, 0.25) is 0 Å². The molecule has 0 unspecified atom stereocenters. The summed E-state index contributed by atoms with van der Waals surface area (Å²) in [7, 11) is 3.27. The molecule has 0 fully saturated rings. The van der Waals surface area contributed by atoms with Crippen LogP contribution >= 0.6 is 0 Å². The quantitative estimate of drug-likeness (QED) is 0.934. The lowest BCUT2D eigenvalue weighted by Gasteiger charge is -2.11. The molecule has 5 nitrogen and oxygen atoms in total. The number of ether oxygens (including phenoxy) is 1. The van der Waals surface area contributed by atoms with E-state index in [-0.39, 0.29) is 5.69 Å². The van der Waals surface area contributed by atoms with Crippen molar-refractivity contribution in [1.29, 1.82) is 0 Å². The predicted molar refractivity (Wildman–Crippen MR) is 76.4 cm³/mol. The van der Waals surface area contributed by atoms with Crippen LogP contribution in [0.3, 0.4) is 0 Å². The number of hydrogen-bond acceptors (Lipinski definition) is 3. The van der Waals surface area contributed by atoms with Crippen molar-refractivity contribution in [2.45, 2.75) is 20.8 Å². The van der Waals surface area contributed by atoms with Crippen molar-refractivity contribution in [2.75, 3.05) is 7.11 Å². The summed E-state index contributed by atoms with van der Waals surface area (Å²) in [5.74, 6) is -0.151. The van der Waals surface area contributed by atoms with Gasteiger partial charge in [-0.25, -0.2) is 4.79 Å². The summed E-state index contributed by atoms with van der Waals surface area (Å²) >= 11 is 0. The van der Waals surface area contributed by atoms with Crippen molar-refractivity contribution >= 4 is 5.97 Å². The average Bonchev–Trinajstić information content (AvgIpc) is 2.63. The number of carboxylic acids is 1. The van der Waals surface area contributed by atoms with Gasteiger partial charge in [-0.1, -0.05) is 0 Å². The van der Waals surface area contributed by atoms with Crippen molar-refractivity contribution < 1.29 is 14.6 Å². The SMILES string of the molecule is COc1c(C)cc(-c2c(C)nn(C)c2C(=O)O)cc1C. The van der Waals surface area contributed by atoms with Crippen LogP contribution in [0.15, 0.2) is 12.1 Å². The zero-order chi connectivity index (χ0) is 15.0. The first-order valence-electron chi connectivity index (χ1n) is 6.29. The Balaban J connectivity index is 2.72. The van der Waals surface area contributed by atoms with Crippen molar-refractivity contribution in [2.24, 2.45) is 7.05 Å². The van der Waals surface area contributed by atoms with E-state index in [9.17, 15) is 9.90 Å². The Morgan fingerprint density at radius 1 is 1.25 bits per heavy atom. The second-order valence-electron chi connectivity index (χ2n) is 4.88. The van der Waals surface area contributed by atoms with E-state index in [0.717, 1.165) is 22.4 Å². The lowest BCUT2D eigenvalue weighted by molar-refractivity contribution is 0.0686. The highest BCUT2D eigenvalue weighted by Crippen LogP contribution is 2.33. The van der Waals surface area contributed by atoms with Crippen molar-refractivity contribution in [3.63, 3.8) is 0 Å². The van der Waals surface area contributed by atoms with Gasteiger partial charge in [0.25, 0.3) is 0 Å². The predicted octanol–water partition coefficient (Wildman–Crippen LogP) is 2.72. The van der Waals surface area contributed by atoms with Crippen LogP contribution in [0.5, 0.6) is 5.75 Å². The fourth-order valence-electron chi connectivity index (χ4n) is 2.67. The molecule has 0 spiro atoms.